The third-order valence-electron chi connectivity index (χ3n) is 4.97. The zero-order valence-corrected chi connectivity index (χ0v) is 12.4. The first-order valence-electron chi connectivity index (χ1n) is 8.28. The number of aromatic nitrogens is 1. The zero-order chi connectivity index (χ0) is 13.6. The topological polar surface area (TPSA) is 28.2 Å². The molecule has 1 atom stereocenters. The van der Waals surface area contributed by atoms with Gasteiger partial charge in [-0.3, -0.25) is 9.88 Å². The Bertz CT molecular complexity index is 386. The van der Waals surface area contributed by atoms with Crippen molar-refractivity contribution >= 4 is 0 Å². The van der Waals surface area contributed by atoms with Crippen molar-refractivity contribution in [1.82, 2.24) is 15.2 Å². The Morgan fingerprint density at radius 2 is 2.15 bits per heavy atom. The molecule has 0 amide bonds. The van der Waals surface area contributed by atoms with Gasteiger partial charge < -0.3 is 5.32 Å². The number of piperazine rings is 1. The Balaban J connectivity index is 1.57. The van der Waals surface area contributed by atoms with Crippen LogP contribution in [0.15, 0.2) is 24.5 Å². The van der Waals surface area contributed by atoms with E-state index in [2.05, 4.69) is 27.3 Å². The molecule has 1 aliphatic heterocycles. The average molecular weight is 273 g/mol. The van der Waals surface area contributed by atoms with Gasteiger partial charge in [0.1, 0.15) is 0 Å². The standard InChI is InChI=1S/C17H27N3/c1-2-5-15(6-3-1)8-11-20-12-10-19-14-17(20)16-7-4-9-18-13-16/h4,7,9,13,15,17,19H,1-3,5-6,8,10-12,14H2. The second kappa shape index (κ2) is 7.19. The first-order chi connectivity index (χ1) is 9.93. The van der Waals surface area contributed by atoms with Crippen molar-refractivity contribution in [3.8, 4) is 0 Å². The molecule has 3 heteroatoms. The van der Waals surface area contributed by atoms with Gasteiger partial charge in [-0.2, -0.15) is 0 Å². The van der Waals surface area contributed by atoms with E-state index in [1.807, 2.05) is 12.4 Å². The van der Waals surface area contributed by atoms with Crippen LogP contribution in [0.2, 0.25) is 0 Å². The Kier molecular flexibility index (Phi) is 5.04. The molecular weight excluding hydrogens is 246 g/mol. The molecule has 0 aromatic carbocycles. The van der Waals surface area contributed by atoms with Crippen LogP contribution in [-0.2, 0) is 0 Å². The summed E-state index contributed by atoms with van der Waals surface area (Å²) in [4.78, 5) is 6.96. The fourth-order valence-electron chi connectivity index (χ4n) is 3.74. The molecule has 0 radical (unpaired) electrons. The van der Waals surface area contributed by atoms with E-state index in [-0.39, 0.29) is 0 Å². The van der Waals surface area contributed by atoms with E-state index in [1.54, 1.807) is 0 Å². The summed E-state index contributed by atoms with van der Waals surface area (Å²) in [6.07, 6.45) is 12.6. The van der Waals surface area contributed by atoms with Crippen LogP contribution in [0.3, 0.4) is 0 Å². The maximum Gasteiger partial charge on any atom is 0.0488 e. The van der Waals surface area contributed by atoms with E-state index in [0.29, 0.717) is 6.04 Å². The van der Waals surface area contributed by atoms with Crippen LogP contribution in [0.5, 0.6) is 0 Å². The molecule has 0 spiro atoms. The van der Waals surface area contributed by atoms with Gasteiger partial charge in [-0.1, -0.05) is 38.2 Å². The van der Waals surface area contributed by atoms with Crippen LogP contribution >= 0.6 is 0 Å². The van der Waals surface area contributed by atoms with Crippen LogP contribution in [0.25, 0.3) is 0 Å². The molecule has 2 fully saturated rings. The predicted octanol–water partition coefficient (Wildman–Crippen LogP) is 3.00. The second-order valence-corrected chi connectivity index (χ2v) is 6.33. The molecule has 110 valence electrons. The van der Waals surface area contributed by atoms with Crippen LogP contribution in [0, 0.1) is 5.92 Å². The fraction of sp³-hybridized carbons (Fsp3) is 0.706. The highest BCUT2D eigenvalue weighted by molar-refractivity contribution is 5.15. The van der Waals surface area contributed by atoms with Crippen molar-refractivity contribution < 1.29 is 0 Å². The first-order valence-corrected chi connectivity index (χ1v) is 8.28. The number of rotatable bonds is 4. The van der Waals surface area contributed by atoms with Gasteiger partial charge in [-0.05, 0) is 30.5 Å². The Labute approximate surface area is 122 Å². The average Bonchev–Trinajstić information content (AvgIpc) is 2.55. The molecular formula is C17H27N3. The quantitative estimate of drug-likeness (QED) is 0.914. The molecule has 1 aromatic heterocycles. The Hall–Kier alpha value is -0.930. The predicted molar refractivity (Wildman–Crippen MR) is 82.6 cm³/mol. The van der Waals surface area contributed by atoms with E-state index in [1.165, 1.54) is 57.2 Å². The molecule has 2 aliphatic rings. The van der Waals surface area contributed by atoms with Gasteiger partial charge in [0.15, 0.2) is 0 Å². The SMILES string of the molecule is c1cncc(C2CNCCN2CCC2CCCCC2)c1. The minimum absolute atomic E-state index is 0.515. The highest BCUT2D eigenvalue weighted by atomic mass is 15.2. The van der Waals surface area contributed by atoms with Crippen molar-refractivity contribution in [2.75, 3.05) is 26.2 Å². The smallest absolute Gasteiger partial charge is 0.0488 e. The van der Waals surface area contributed by atoms with Crippen molar-refractivity contribution in [2.24, 2.45) is 5.92 Å². The minimum atomic E-state index is 0.515. The van der Waals surface area contributed by atoms with E-state index in [9.17, 15) is 0 Å². The highest BCUT2D eigenvalue weighted by Gasteiger charge is 2.24. The maximum absolute atomic E-state index is 4.29. The lowest BCUT2D eigenvalue weighted by molar-refractivity contribution is 0.145. The summed E-state index contributed by atoms with van der Waals surface area (Å²) < 4.78 is 0. The van der Waals surface area contributed by atoms with Gasteiger partial charge in [0.05, 0.1) is 0 Å². The molecule has 1 aliphatic carbocycles. The summed E-state index contributed by atoms with van der Waals surface area (Å²) in [5.41, 5.74) is 1.36. The molecule has 0 bridgehead atoms. The molecule has 1 N–H and O–H groups in total. The second-order valence-electron chi connectivity index (χ2n) is 6.33. The summed E-state index contributed by atoms with van der Waals surface area (Å²) >= 11 is 0. The van der Waals surface area contributed by atoms with Gasteiger partial charge in [0.25, 0.3) is 0 Å². The molecule has 1 aromatic rings. The van der Waals surface area contributed by atoms with Crippen molar-refractivity contribution in [3.63, 3.8) is 0 Å². The van der Waals surface area contributed by atoms with E-state index < -0.39 is 0 Å². The van der Waals surface area contributed by atoms with Crippen LogP contribution in [-0.4, -0.2) is 36.1 Å². The molecule has 3 rings (SSSR count). The largest absolute Gasteiger partial charge is 0.314 e. The molecule has 1 unspecified atom stereocenters. The summed E-state index contributed by atoms with van der Waals surface area (Å²) in [5.74, 6) is 0.980. The van der Waals surface area contributed by atoms with Gasteiger partial charge >= 0.3 is 0 Å². The first kappa shape index (κ1) is 14.0. The van der Waals surface area contributed by atoms with E-state index in [4.69, 9.17) is 0 Å². The molecule has 2 heterocycles. The number of pyridine rings is 1. The lowest BCUT2D eigenvalue weighted by atomic mass is 9.86. The molecule has 1 saturated carbocycles. The van der Waals surface area contributed by atoms with Crippen molar-refractivity contribution in [3.05, 3.63) is 30.1 Å². The highest BCUT2D eigenvalue weighted by Crippen LogP contribution is 2.28. The Morgan fingerprint density at radius 3 is 2.95 bits per heavy atom. The van der Waals surface area contributed by atoms with E-state index >= 15 is 0 Å². The lowest BCUT2D eigenvalue weighted by Crippen LogP contribution is -2.46. The fourth-order valence-corrected chi connectivity index (χ4v) is 3.74. The summed E-state index contributed by atoms with van der Waals surface area (Å²) in [6.45, 7) is 4.62. The van der Waals surface area contributed by atoms with Crippen LogP contribution in [0.1, 0.15) is 50.1 Å². The third-order valence-corrected chi connectivity index (χ3v) is 4.97. The monoisotopic (exact) mass is 273 g/mol. The maximum atomic E-state index is 4.29. The van der Waals surface area contributed by atoms with E-state index in [0.717, 1.165) is 19.0 Å². The lowest BCUT2D eigenvalue weighted by Gasteiger charge is -2.37. The van der Waals surface area contributed by atoms with Crippen molar-refractivity contribution in [2.45, 2.75) is 44.6 Å². The molecule has 3 nitrogen and oxygen atoms in total. The summed E-state index contributed by atoms with van der Waals surface area (Å²) in [7, 11) is 0. The van der Waals surface area contributed by atoms with Gasteiger partial charge in [0.2, 0.25) is 0 Å². The van der Waals surface area contributed by atoms with Gasteiger partial charge in [-0.15, -0.1) is 0 Å². The Morgan fingerprint density at radius 1 is 1.25 bits per heavy atom. The summed E-state index contributed by atoms with van der Waals surface area (Å²) in [5, 5.41) is 3.53. The number of hydrogen-bond donors (Lipinski definition) is 1. The molecule has 1 saturated heterocycles. The van der Waals surface area contributed by atoms with Crippen LogP contribution < -0.4 is 5.32 Å². The number of hydrogen-bond acceptors (Lipinski definition) is 3. The summed E-state index contributed by atoms with van der Waals surface area (Å²) in [6, 6.07) is 4.79. The minimum Gasteiger partial charge on any atom is -0.314 e. The van der Waals surface area contributed by atoms with Crippen molar-refractivity contribution in [1.29, 1.82) is 0 Å². The zero-order valence-electron chi connectivity index (χ0n) is 12.4. The van der Waals surface area contributed by atoms with Crippen LogP contribution in [0.4, 0.5) is 0 Å². The molecule has 20 heavy (non-hydrogen) atoms. The number of nitrogens with zero attached hydrogens (tertiary/aromatic N) is 2. The number of nitrogens with one attached hydrogen (secondary N) is 1. The van der Waals surface area contributed by atoms with Gasteiger partial charge in [0, 0.05) is 38.1 Å². The third kappa shape index (κ3) is 3.58. The van der Waals surface area contributed by atoms with Gasteiger partial charge in [-0.25, -0.2) is 0 Å². The normalized spacial score (nSPS) is 25.7.